The minimum absolute atomic E-state index is 0.0819. The van der Waals surface area contributed by atoms with Crippen LogP contribution in [-0.4, -0.2) is 54.4 Å². The van der Waals surface area contributed by atoms with E-state index in [4.69, 9.17) is 4.74 Å². The molecular weight excluding hydrogens is 498 g/mol. The maximum Gasteiger partial charge on any atom is 0.262 e. The van der Waals surface area contributed by atoms with Gasteiger partial charge in [0.1, 0.15) is 5.75 Å². The molecule has 1 heterocycles. The zero-order valence-corrected chi connectivity index (χ0v) is 23.0. The molecule has 204 valence electrons. The summed E-state index contributed by atoms with van der Waals surface area (Å²) in [5.74, 6) is 0.253. The van der Waals surface area contributed by atoms with Crippen molar-refractivity contribution in [1.29, 1.82) is 0 Å². The van der Waals surface area contributed by atoms with Crippen LogP contribution in [0.3, 0.4) is 0 Å². The van der Waals surface area contributed by atoms with Gasteiger partial charge in [-0.1, -0.05) is 78.9 Å². The fraction of sp³-hybridized carbons (Fsp3) is 0.235. The largest absolute Gasteiger partial charge is 0.484 e. The van der Waals surface area contributed by atoms with Crippen LogP contribution in [0, 0.1) is 13.8 Å². The van der Waals surface area contributed by atoms with Gasteiger partial charge in [0.15, 0.2) is 6.61 Å². The SMILES string of the molecule is Cc1ccc(OCC(=O)Nc2ccccc2C(=O)N2CCN(C(c3ccccc3)c3ccccc3)CC2)cc1C. The van der Waals surface area contributed by atoms with Gasteiger partial charge in [-0.05, 0) is 60.4 Å². The summed E-state index contributed by atoms with van der Waals surface area (Å²) in [6, 6.07) is 34.1. The lowest BCUT2D eigenvalue weighted by Crippen LogP contribution is -2.50. The Morgan fingerprint density at radius 1 is 0.750 bits per heavy atom. The molecule has 40 heavy (non-hydrogen) atoms. The van der Waals surface area contributed by atoms with E-state index in [1.54, 1.807) is 12.1 Å². The van der Waals surface area contributed by atoms with E-state index in [9.17, 15) is 9.59 Å². The van der Waals surface area contributed by atoms with Crippen LogP contribution in [-0.2, 0) is 4.79 Å². The molecule has 4 aromatic rings. The highest BCUT2D eigenvalue weighted by molar-refractivity contribution is 6.04. The Bertz CT molecular complexity index is 1410. The molecule has 5 rings (SSSR count). The van der Waals surface area contributed by atoms with E-state index in [1.807, 2.05) is 61.2 Å². The normalized spacial score (nSPS) is 13.7. The Morgan fingerprint density at radius 2 is 1.35 bits per heavy atom. The van der Waals surface area contributed by atoms with Crippen LogP contribution in [0.25, 0.3) is 0 Å². The molecule has 4 aromatic carbocycles. The second-order valence-electron chi connectivity index (χ2n) is 10.2. The molecule has 6 heteroatoms. The van der Waals surface area contributed by atoms with Crippen LogP contribution >= 0.6 is 0 Å². The number of ether oxygens (including phenoxy) is 1. The van der Waals surface area contributed by atoms with Gasteiger partial charge >= 0.3 is 0 Å². The summed E-state index contributed by atoms with van der Waals surface area (Å²) >= 11 is 0. The maximum atomic E-state index is 13.6. The van der Waals surface area contributed by atoms with Crippen molar-refractivity contribution >= 4 is 17.5 Å². The maximum absolute atomic E-state index is 13.6. The van der Waals surface area contributed by atoms with Gasteiger partial charge in [-0.2, -0.15) is 0 Å². The Hall–Kier alpha value is -4.42. The average molecular weight is 534 g/mol. The first kappa shape index (κ1) is 27.2. The standard InChI is InChI=1S/C34H35N3O3/c1-25-17-18-29(23-26(25)2)40-24-32(38)35-31-16-10-9-15-30(31)34(39)37-21-19-36(20-22-37)33(27-11-5-3-6-12-27)28-13-7-4-8-14-28/h3-18,23,33H,19-22,24H2,1-2H3,(H,35,38). The fourth-order valence-corrected chi connectivity index (χ4v) is 5.16. The number of rotatable bonds is 8. The number of anilines is 1. The number of nitrogens with one attached hydrogen (secondary N) is 1. The van der Waals surface area contributed by atoms with Crippen LogP contribution in [0.4, 0.5) is 5.69 Å². The van der Waals surface area contributed by atoms with E-state index in [-0.39, 0.29) is 24.5 Å². The third-order valence-electron chi connectivity index (χ3n) is 7.48. The van der Waals surface area contributed by atoms with Crippen LogP contribution in [0.15, 0.2) is 103 Å². The third-order valence-corrected chi connectivity index (χ3v) is 7.48. The van der Waals surface area contributed by atoms with E-state index in [1.165, 1.54) is 16.7 Å². The van der Waals surface area contributed by atoms with Gasteiger partial charge in [-0.15, -0.1) is 0 Å². The van der Waals surface area contributed by atoms with Crippen LogP contribution in [0.2, 0.25) is 0 Å². The Balaban J connectivity index is 1.23. The molecule has 1 fully saturated rings. The molecule has 1 aliphatic rings. The van der Waals surface area contributed by atoms with E-state index >= 15 is 0 Å². The van der Waals surface area contributed by atoms with Gasteiger partial charge < -0.3 is 15.0 Å². The van der Waals surface area contributed by atoms with E-state index in [2.05, 4.69) is 58.7 Å². The van der Waals surface area contributed by atoms with Crippen molar-refractivity contribution in [3.8, 4) is 5.75 Å². The van der Waals surface area contributed by atoms with Gasteiger partial charge in [0.2, 0.25) is 0 Å². The first-order valence-electron chi connectivity index (χ1n) is 13.7. The van der Waals surface area contributed by atoms with Crippen LogP contribution < -0.4 is 10.1 Å². The number of piperazine rings is 1. The molecule has 0 atom stereocenters. The van der Waals surface area contributed by atoms with Crippen molar-refractivity contribution in [3.05, 3.63) is 131 Å². The van der Waals surface area contributed by atoms with Crippen molar-refractivity contribution in [1.82, 2.24) is 9.80 Å². The lowest BCUT2D eigenvalue weighted by atomic mass is 9.96. The average Bonchev–Trinajstić information content (AvgIpc) is 2.99. The number of nitrogens with zero attached hydrogens (tertiary/aromatic N) is 2. The molecule has 2 amide bonds. The monoisotopic (exact) mass is 533 g/mol. The van der Waals surface area contributed by atoms with Gasteiger partial charge in [-0.3, -0.25) is 14.5 Å². The van der Waals surface area contributed by atoms with Crippen molar-refractivity contribution in [2.24, 2.45) is 0 Å². The summed E-state index contributed by atoms with van der Waals surface area (Å²) in [7, 11) is 0. The summed E-state index contributed by atoms with van der Waals surface area (Å²) < 4.78 is 5.69. The number of benzene rings is 4. The predicted octanol–water partition coefficient (Wildman–Crippen LogP) is 5.87. The topological polar surface area (TPSA) is 61.9 Å². The van der Waals surface area contributed by atoms with Gasteiger partial charge in [-0.25, -0.2) is 0 Å². The minimum atomic E-state index is -0.308. The third kappa shape index (κ3) is 6.41. The number of carbonyl (C=O) groups excluding carboxylic acids is 2. The van der Waals surface area contributed by atoms with Crippen LogP contribution in [0.5, 0.6) is 5.75 Å². The van der Waals surface area contributed by atoms with Crippen molar-refractivity contribution < 1.29 is 14.3 Å². The Kier molecular flexibility index (Phi) is 8.57. The van der Waals surface area contributed by atoms with Crippen LogP contribution in [0.1, 0.15) is 38.7 Å². The van der Waals surface area contributed by atoms with Gasteiger partial charge in [0.05, 0.1) is 17.3 Å². The smallest absolute Gasteiger partial charge is 0.262 e. The lowest BCUT2D eigenvalue weighted by molar-refractivity contribution is -0.118. The number of carbonyl (C=O) groups is 2. The van der Waals surface area contributed by atoms with Gasteiger partial charge in [0.25, 0.3) is 11.8 Å². The highest BCUT2D eigenvalue weighted by atomic mass is 16.5. The molecule has 1 aliphatic heterocycles. The number of amides is 2. The molecule has 0 spiro atoms. The molecule has 1 N–H and O–H groups in total. The molecular formula is C34H35N3O3. The predicted molar refractivity (Wildman–Crippen MR) is 159 cm³/mol. The Labute approximate surface area is 236 Å². The van der Waals surface area contributed by atoms with Gasteiger partial charge in [0, 0.05) is 26.2 Å². The zero-order valence-electron chi connectivity index (χ0n) is 23.0. The quantitative estimate of drug-likeness (QED) is 0.308. The molecule has 1 saturated heterocycles. The summed E-state index contributed by atoms with van der Waals surface area (Å²) in [6.07, 6.45) is 0. The highest BCUT2D eigenvalue weighted by Crippen LogP contribution is 2.30. The Morgan fingerprint density at radius 3 is 1.98 bits per heavy atom. The van der Waals surface area contributed by atoms with Crippen molar-refractivity contribution in [2.45, 2.75) is 19.9 Å². The molecule has 0 radical (unpaired) electrons. The molecule has 0 bridgehead atoms. The first-order valence-corrected chi connectivity index (χ1v) is 13.7. The lowest BCUT2D eigenvalue weighted by Gasteiger charge is -2.40. The summed E-state index contributed by atoms with van der Waals surface area (Å²) in [4.78, 5) is 30.6. The molecule has 0 aliphatic carbocycles. The summed E-state index contributed by atoms with van der Waals surface area (Å²) in [5, 5.41) is 2.87. The second-order valence-corrected chi connectivity index (χ2v) is 10.2. The van der Waals surface area contributed by atoms with E-state index in [0.717, 1.165) is 18.7 Å². The second kappa shape index (κ2) is 12.6. The number of aryl methyl sites for hydroxylation is 2. The van der Waals surface area contributed by atoms with E-state index < -0.39 is 0 Å². The summed E-state index contributed by atoms with van der Waals surface area (Å²) in [5.41, 5.74) is 5.73. The molecule has 6 nitrogen and oxygen atoms in total. The summed E-state index contributed by atoms with van der Waals surface area (Å²) in [6.45, 7) is 6.61. The number of hydrogen-bond acceptors (Lipinski definition) is 4. The minimum Gasteiger partial charge on any atom is -0.484 e. The fourth-order valence-electron chi connectivity index (χ4n) is 5.16. The molecule has 0 unspecified atom stereocenters. The highest BCUT2D eigenvalue weighted by Gasteiger charge is 2.29. The van der Waals surface area contributed by atoms with Crippen molar-refractivity contribution in [3.63, 3.8) is 0 Å². The molecule has 0 saturated carbocycles. The number of para-hydroxylation sites is 1. The number of hydrogen-bond donors (Lipinski definition) is 1. The van der Waals surface area contributed by atoms with Crippen molar-refractivity contribution in [2.75, 3.05) is 38.1 Å². The first-order chi connectivity index (χ1) is 19.5. The zero-order chi connectivity index (χ0) is 27.9. The van der Waals surface area contributed by atoms with E-state index in [0.29, 0.717) is 30.1 Å². The molecule has 0 aromatic heterocycles.